The Morgan fingerprint density at radius 3 is 2.83 bits per heavy atom. The lowest BCUT2D eigenvalue weighted by Crippen LogP contribution is -2.35. The van der Waals surface area contributed by atoms with Crippen molar-refractivity contribution in [1.82, 2.24) is 5.32 Å². The van der Waals surface area contributed by atoms with E-state index in [0.717, 1.165) is 13.0 Å². The van der Waals surface area contributed by atoms with Crippen molar-refractivity contribution in [3.63, 3.8) is 0 Å². The Hall–Kier alpha value is -0.860. The fourth-order valence-corrected chi connectivity index (χ4v) is 1.54. The summed E-state index contributed by atoms with van der Waals surface area (Å²) >= 11 is 0. The smallest absolute Gasteiger partial charge is 0.0812 e. The summed E-state index contributed by atoms with van der Waals surface area (Å²) in [6, 6.07) is 8.34. The zero-order chi connectivity index (χ0) is 7.68. The van der Waals surface area contributed by atoms with Crippen LogP contribution in [0.5, 0.6) is 0 Å². The molecule has 1 aliphatic rings. The molecule has 1 aromatic rings. The lowest BCUT2D eigenvalue weighted by Gasteiger charge is -2.23. The van der Waals surface area contributed by atoms with E-state index in [-0.39, 0.29) is 13.6 Å². The second kappa shape index (κ2) is 3.70. The van der Waals surface area contributed by atoms with Gasteiger partial charge in [0.15, 0.2) is 0 Å². The van der Waals surface area contributed by atoms with Gasteiger partial charge in [-0.25, -0.2) is 0 Å². The second-order valence-electron chi connectivity index (χ2n) is 2.88. The first kappa shape index (κ1) is 9.23. The summed E-state index contributed by atoms with van der Waals surface area (Å²) in [4.78, 5) is 0. The highest BCUT2D eigenvalue weighted by molar-refractivity contribution is 5.31. The molecule has 0 fully saturated rings. The predicted octanol–water partition coefficient (Wildman–Crippen LogP) is 1.43. The van der Waals surface area contributed by atoms with Gasteiger partial charge < -0.3 is 5.73 Å². The van der Waals surface area contributed by atoms with Crippen LogP contribution in [0.2, 0.25) is 0 Å². The van der Waals surface area contributed by atoms with E-state index in [9.17, 15) is 0 Å². The Balaban J connectivity index is 0.000000720. The molecule has 2 rings (SSSR count). The van der Waals surface area contributed by atoms with E-state index in [0.29, 0.717) is 0 Å². The Labute approximate surface area is 73.8 Å². The molecule has 1 aliphatic heterocycles. The van der Waals surface area contributed by atoms with Crippen LogP contribution >= 0.6 is 0 Å². The summed E-state index contributed by atoms with van der Waals surface area (Å²) in [5.74, 6) is 0. The van der Waals surface area contributed by atoms with Crippen molar-refractivity contribution in [2.75, 3.05) is 6.54 Å². The number of rotatable bonds is 0. The first-order valence-electron chi connectivity index (χ1n) is 3.95. The zero-order valence-corrected chi connectivity index (χ0v) is 6.38. The molecule has 0 saturated carbocycles. The molecule has 0 bridgehead atoms. The van der Waals surface area contributed by atoms with E-state index in [1.165, 1.54) is 11.1 Å². The molecule has 1 atom stereocenters. The van der Waals surface area contributed by atoms with Crippen molar-refractivity contribution in [3.05, 3.63) is 35.4 Å². The van der Waals surface area contributed by atoms with Crippen molar-refractivity contribution in [3.8, 4) is 0 Å². The number of fused-ring (bicyclic) bond motifs is 1. The second-order valence-corrected chi connectivity index (χ2v) is 2.88. The van der Waals surface area contributed by atoms with Crippen LogP contribution in [0.15, 0.2) is 24.3 Å². The predicted molar refractivity (Wildman–Crippen MR) is 51.8 cm³/mol. The fourth-order valence-electron chi connectivity index (χ4n) is 1.54. The summed E-state index contributed by atoms with van der Waals surface area (Å²) in [5, 5.41) is 3.22. The Morgan fingerprint density at radius 1 is 1.33 bits per heavy atom. The van der Waals surface area contributed by atoms with Gasteiger partial charge in [-0.15, -0.1) is 0 Å². The van der Waals surface area contributed by atoms with Crippen LogP contribution in [0, 0.1) is 0 Å². The van der Waals surface area contributed by atoms with Crippen molar-refractivity contribution >= 4 is 0 Å². The van der Waals surface area contributed by atoms with E-state index in [1.54, 1.807) is 0 Å². The molecule has 0 saturated heterocycles. The highest BCUT2D eigenvalue weighted by Gasteiger charge is 2.13. The van der Waals surface area contributed by atoms with Crippen molar-refractivity contribution in [2.24, 2.45) is 5.73 Å². The summed E-state index contributed by atoms with van der Waals surface area (Å²) in [6.07, 6.45) is 1.14. The molecule has 2 nitrogen and oxygen atoms in total. The van der Waals surface area contributed by atoms with Gasteiger partial charge in [0.25, 0.3) is 0 Å². The summed E-state index contributed by atoms with van der Waals surface area (Å²) in [6.45, 7) is 0.998. The van der Waals surface area contributed by atoms with Crippen LogP contribution in [-0.2, 0) is 6.42 Å². The average Bonchev–Trinajstić information content (AvgIpc) is 2.06. The molecule has 2 heteroatoms. The third-order valence-electron chi connectivity index (χ3n) is 2.15. The lowest BCUT2D eigenvalue weighted by atomic mass is 9.99. The van der Waals surface area contributed by atoms with E-state index in [2.05, 4.69) is 23.5 Å². The molecule has 1 heterocycles. The normalized spacial score (nSPS) is 20.9. The fraction of sp³-hybridized carbons (Fsp3) is 0.400. The maximum Gasteiger partial charge on any atom is 0.0812 e. The molecule has 1 aromatic carbocycles. The molecular formula is C10H16N2. The SMILES string of the molecule is C.NC1NCCc2ccccc21. The van der Waals surface area contributed by atoms with Crippen LogP contribution in [0.3, 0.4) is 0 Å². The number of nitrogens with two attached hydrogens (primary N) is 1. The third kappa shape index (κ3) is 1.49. The van der Waals surface area contributed by atoms with Gasteiger partial charge in [-0.1, -0.05) is 31.7 Å². The zero-order valence-electron chi connectivity index (χ0n) is 6.38. The van der Waals surface area contributed by atoms with Gasteiger partial charge in [0.2, 0.25) is 0 Å². The molecular weight excluding hydrogens is 148 g/mol. The first-order chi connectivity index (χ1) is 5.38. The molecule has 0 aromatic heterocycles. The molecule has 0 amide bonds. The summed E-state index contributed by atoms with van der Waals surface area (Å²) in [5.41, 5.74) is 8.47. The monoisotopic (exact) mass is 164 g/mol. The Kier molecular flexibility index (Phi) is 2.84. The summed E-state index contributed by atoms with van der Waals surface area (Å²) < 4.78 is 0. The number of nitrogens with one attached hydrogen (secondary N) is 1. The highest BCUT2D eigenvalue weighted by atomic mass is 15.0. The minimum atomic E-state index is 0. The number of benzene rings is 1. The molecule has 12 heavy (non-hydrogen) atoms. The third-order valence-corrected chi connectivity index (χ3v) is 2.15. The lowest BCUT2D eigenvalue weighted by molar-refractivity contribution is 0.521. The largest absolute Gasteiger partial charge is 0.312 e. The topological polar surface area (TPSA) is 38.0 Å². The van der Waals surface area contributed by atoms with Gasteiger partial charge in [-0.2, -0.15) is 0 Å². The van der Waals surface area contributed by atoms with Gasteiger partial charge in [-0.3, -0.25) is 5.32 Å². The van der Waals surface area contributed by atoms with Gasteiger partial charge in [-0.05, 0) is 17.5 Å². The van der Waals surface area contributed by atoms with Gasteiger partial charge in [0.05, 0.1) is 6.17 Å². The Morgan fingerprint density at radius 2 is 2.08 bits per heavy atom. The highest BCUT2D eigenvalue weighted by Crippen LogP contribution is 2.17. The van der Waals surface area contributed by atoms with Crippen LogP contribution in [0.1, 0.15) is 24.7 Å². The van der Waals surface area contributed by atoms with Crippen LogP contribution in [-0.4, -0.2) is 6.54 Å². The van der Waals surface area contributed by atoms with Crippen LogP contribution in [0.25, 0.3) is 0 Å². The average molecular weight is 164 g/mol. The minimum Gasteiger partial charge on any atom is -0.312 e. The van der Waals surface area contributed by atoms with Crippen molar-refractivity contribution in [1.29, 1.82) is 0 Å². The summed E-state index contributed by atoms with van der Waals surface area (Å²) in [7, 11) is 0. The number of hydrogen-bond acceptors (Lipinski definition) is 2. The Bertz CT molecular complexity index is 258. The quantitative estimate of drug-likeness (QED) is 0.608. The minimum absolute atomic E-state index is 0. The van der Waals surface area contributed by atoms with Crippen molar-refractivity contribution < 1.29 is 0 Å². The maximum atomic E-state index is 5.84. The first-order valence-corrected chi connectivity index (χ1v) is 3.95. The van der Waals surface area contributed by atoms with Gasteiger partial charge in [0, 0.05) is 6.54 Å². The standard InChI is InChI=1S/C9H12N2.CH4/c10-9-8-4-2-1-3-7(8)5-6-11-9;/h1-4,9,11H,5-6,10H2;1H4. The van der Waals surface area contributed by atoms with Crippen LogP contribution < -0.4 is 11.1 Å². The molecule has 66 valence electrons. The molecule has 0 aliphatic carbocycles. The van der Waals surface area contributed by atoms with Crippen LogP contribution in [0.4, 0.5) is 0 Å². The van der Waals surface area contributed by atoms with E-state index in [1.807, 2.05) is 6.07 Å². The van der Waals surface area contributed by atoms with Crippen molar-refractivity contribution in [2.45, 2.75) is 20.0 Å². The number of hydrogen-bond donors (Lipinski definition) is 2. The molecule has 0 spiro atoms. The van der Waals surface area contributed by atoms with E-state index >= 15 is 0 Å². The molecule has 3 N–H and O–H groups in total. The molecule has 0 radical (unpaired) electrons. The maximum absolute atomic E-state index is 5.84. The van der Waals surface area contributed by atoms with E-state index in [4.69, 9.17) is 5.73 Å². The van der Waals surface area contributed by atoms with E-state index < -0.39 is 0 Å². The van der Waals surface area contributed by atoms with Gasteiger partial charge in [0.1, 0.15) is 0 Å². The molecule has 1 unspecified atom stereocenters. The van der Waals surface area contributed by atoms with Gasteiger partial charge >= 0.3 is 0 Å².